The topological polar surface area (TPSA) is 72.9 Å². The van der Waals surface area contributed by atoms with E-state index >= 15 is 0 Å². The van der Waals surface area contributed by atoms with Crippen molar-refractivity contribution in [3.63, 3.8) is 0 Å². The number of benzene rings is 1. The maximum atomic E-state index is 12.0. The highest BCUT2D eigenvalue weighted by atomic mass is 16.1. The van der Waals surface area contributed by atoms with E-state index in [1.54, 1.807) is 12.1 Å². The summed E-state index contributed by atoms with van der Waals surface area (Å²) in [6, 6.07) is 9.39. The van der Waals surface area contributed by atoms with Gasteiger partial charge >= 0.3 is 0 Å². The third-order valence-electron chi connectivity index (χ3n) is 3.09. The number of amides is 1. The van der Waals surface area contributed by atoms with Crippen molar-refractivity contribution >= 4 is 5.91 Å². The van der Waals surface area contributed by atoms with Crippen molar-refractivity contribution in [2.45, 2.75) is 33.2 Å². The van der Waals surface area contributed by atoms with Gasteiger partial charge in [-0.05, 0) is 58.0 Å². The van der Waals surface area contributed by atoms with Gasteiger partial charge in [-0.15, -0.1) is 0 Å². The first kappa shape index (κ1) is 15.3. The molecule has 1 amide bonds. The van der Waals surface area contributed by atoms with Crippen molar-refractivity contribution in [3.8, 4) is 5.69 Å². The lowest BCUT2D eigenvalue weighted by molar-refractivity contribution is 0.0946. The molecule has 21 heavy (non-hydrogen) atoms. The van der Waals surface area contributed by atoms with Gasteiger partial charge in [-0.2, -0.15) is 5.10 Å². The lowest BCUT2D eigenvalue weighted by Crippen LogP contribution is -2.45. The number of hydrogen-bond acceptors (Lipinski definition) is 3. The van der Waals surface area contributed by atoms with Crippen molar-refractivity contribution in [3.05, 3.63) is 47.3 Å². The average Bonchev–Trinajstić information content (AvgIpc) is 2.74. The van der Waals surface area contributed by atoms with E-state index in [9.17, 15) is 4.79 Å². The van der Waals surface area contributed by atoms with Crippen LogP contribution in [0.5, 0.6) is 0 Å². The molecule has 0 aliphatic carbocycles. The lowest BCUT2D eigenvalue weighted by Gasteiger charge is -2.18. The standard InChI is InChI=1S/C16H22N4O/c1-11-9-12(2)20(19-11)14-7-5-13(6-8-14)15(21)18-10-16(3,4)17/h5-9H,10,17H2,1-4H3,(H,18,21). The van der Waals surface area contributed by atoms with Crippen molar-refractivity contribution in [2.24, 2.45) is 5.73 Å². The molecule has 112 valence electrons. The van der Waals surface area contributed by atoms with Crippen LogP contribution in [-0.4, -0.2) is 27.8 Å². The normalized spacial score (nSPS) is 11.5. The van der Waals surface area contributed by atoms with Crippen LogP contribution in [0, 0.1) is 13.8 Å². The van der Waals surface area contributed by atoms with Gasteiger partial charge < -0.3 is 11.1 Å². The summed E-state index contributed by atoms with van der Waals surface area (Å²) in [4.78, 5) is 12.0. The minimum absolute atomic E-state index is 0.117. The van der Waals surface area contributed by atoms with Gasteiger partial charge in [0.1, 0.15) is 0 Å². The Bertz CT molecular complexity index is 635. The van der Waals surface area contributed by atoms with Gasteiger partial charge in [0.15, 0.2) is 0 Å². The first-order valence-corrected chi connectivity index (χ1v) is 6.97. The first-order chi connectivity index (χ1) is 9.76. The van der Waals surface area contributed by atoms with Gasteiger partial charge in [-0.25, -0.2) is 4.68 Å². The quantitative estimate of drug-likeness (QED) is 0.902. The highest BCUT2D eigenvalue weighted by Crippen LogP contribution is 2.13. The van der Waals surface area contributed by atoms with Crippen LogP contribution < -0.4 is 11.1 Å². The minimum atomic E-state index is -0.417. The van der Waals surface area contributed by atoms with Crippen LogP contribution in [0.3, 0.4) is 0 Å². The molecular formula is C16H22N4O. The third kappa shape index (κ3) is 3.92. The lowest BCUT2D eigenvalue weighted by atomic mass is 10.1. The second-order valence-electron chi connectivity index (χ2n) is 6.06. The fourth-order valence-corrected chi connectivity index (χ4v) is 2.05. The molecule has 5 nitrogen and oxygen atoms in total. The molecule has 0 atom stereocenters. The van der Waals surface area contributed by atoms with Gasteiger partial charge in [-0.1, -0.05) is 0 Å². The van der Waals surface area contributed by atoms with E-state index in [-0.39, 0.29) is 5.91 Å². The maximum absolute atomic E-state index is 12.0. The van der Waals surface area contributed by atoms with E-state index in [2.05, 4.69) is 10.4 Å². The molecule has 0 saturated carbocycles. The smallest absolute Gasteiger partial charge is 0.251 e. The molecule has 0 fully saturated rings. The van der Waals surface area contributed by atoms with E-state index in [1.807, 2.05) is 50.6 Å². The molecule has 1 aromatic heterocycles. The Morgan fingerprint density at radius 1 is 1.29 bits per heavy atom. The zero-order chi connectivity index (χ0) is 15.6. The average molecular weight is 286 g/mol. The maximum Gasteiger partial charge on any atom is 0.251 e. The fourth-order valence-electron chi connectivity index (χ4n) is 2.05. The van der Waals surface area contributed by atoms with Crippen molar-refractivity contribution in [1.29, 1.82) is 0 Å². The van der Waals surface area contributed by atoms with Crippen LogP contribution in [0.25, 0.3) is 5.69 Å². The van der Waals surface area contributed by atoms with Crippen LogP contribution >= 0.6 is 0 Å². The van der Waals surface area contributed by atoms with Gasteiger partial charge in [0, 0.05) is 23.3 Å². The predicted molar refractivity (Wildman–Crippen MR) is 83.6 cm³/mol. The van der Waals surface area contributed by atoms with Crippen LogP contribution in [0.1, 0.15) is 35.6 Å². The number of aromatic nitrogens is 2. The van der Waals surface area contributed by atoms with E-state index in [0.29, 0.717) is 12.1 Å². The summed E-state index contributed by atoms with van der Waals surface area (Å²) < 4.78 is 1.86. The molecule has 1 heterocycles. The van der Waals surface area contributed by atoms with Crippen molar-refractivity contribution in [1.82, 2.24) is 15.1 Å². The van der Waals surface area contributed by atoms with Crippen LogP contribution in [-0.2, 0) is 0 Å². The van der Waals surface area contributed by atoms with Gasteiger partial charge in [0.05, 0.1) is 11.4 Å². The molecule has 0 aliphatic heterocycles. The Hall–Kier alpha value is -2.14. The minimum Gasteiger partial charge on any atom is -0.350 e. The van der Waals surface area contributed by atoms with E-state index in [1.165, 1.54) is 0 Å². The summed E-state index contributed by atoms with van der Waals surface area (Å²) in [7, 11) is 0. The number of carbonyl (C=O) groups excluding carboxylic acids is 1. The van der Waals surface area contributed by atoms with Crippen molar-refractivity contribution in [2.75, 3.05) is 6.54 Å². The van der Waals surface area contributed by atoms with Gasteiger partial charge in [-0.3, -0.25) is 4.79 Å². The summed E-state index contributed by atoms with van der Waals surface area (Å²) >= 11 is 0. The highest BCUT2D eigenvalue weighted by Gasteiger charge is 2.13. The molecule has 1 aromatic carbocycles. The number of aryl methyl sites for hydroxylation is 2. The van der Waals surface area contributed by atoms with E-state index in [4.69, 9.17) is 5.73 Å². The second-order valence-corrected chi connectivity index (χ2v) is 6.06. The molecular weight excluding hydrogens is 264 g/mol. The Kier molecular flexibility index (Phi) is 4.14. The molecule has 0 unspecified atom stereocenters. The number of nitrogens with zero attached hydrogens (tertiary/aromatic N) is 2. The predicted octanol–water partition coefficient (Wildman–Crippen LogP) is 1.96. The monoisotopic (exact) mass is 286 g/mol. The summed E-state index contributed by atoms with van der Waals surface area (Å²) in [6.07, 6.45) is 0. The number of nitrogens with one attached hydrogen (secondary N) is 1. The summed E-state index contributed by atoms with van der Waals surface area (Å²) in [6.45, 7) is 8.15. The molecule has 2 rings (SSSR count). The van der Waals surface area contributed by atoms with Gasteiger partial charge in [0.2, 0.25) is 0 Å². The summed E-state index contributed by atoms with van der Waals surface area (Å²) in [5.41, 5.74) is 9.03. The fraction of sp³-hybridized carbons (Fsp3) is 0.375. The number of rotatable bonds is 4. The summed E-state index contributed by atoms with van der Waals surface area (Å²) in [5.74, 6) is -0.117. The van der Waals surface area contributed by atoms with Gasteiger partial charge in [0.25, 0.3) is 5.91 Å². The second kappa shape index (κ2) is 5.69. The first-order valence-electron chi connectivity index (χ1n) is 6.97. The van der Waals surface area contributed by atoms with Crippen LogP contribution in [0.4, 0.5) is 0 Å². The van der Waals surface area contributed by atoms with E-state index in [0.717, 1.165) is 17.1 Å². The Morgan fingerprint density at radius 3 is 2.38 bits per heavy atom. The molecule has 0 saturated heterocycles. The molecule has 0 bridgehead atoms. The third-order valence-corrected chi connectivity index (χ3v) is 3.09. The molecule has 5 heteroatoms. The zero-order valence-corrected chi connectivity index (χ0v) is 13.0. The molecule has 0 radical (unpaired) electrons. The summed E-state index contributed by atoms with van der Waals surface area (Å²) in [5, 5.41) is 7.25. The number of nitrogens with two attached hydrogens (primary N) is 1. The van der Waals surface area contributed by atoms with Crippen LogP contribution in [0.2, 0.25) is 0 Å². The molecule has 2 aromatic rings. The Morgan fingerprint density at radius 2 is 1.90 bits per heavy atom. The van der Waals surface area contributed by atoms with E-state index < -0.39 is 5.54 Å². The molecule has 0 spiro atoms. The molecule has 0 aliphatic rings. The van der Waals surface area contributed by atoms with Crippen molar-refractivity contribution < 1.29 is 4.79 Å². The Balaban J connectivity index is 2.12. The Labute approximate surface area is 125 Å². The largest absolute Gasteiger partial charge is 0.350 e. The van der Waals surface area contributed by atoms with Crippen LogP contribution in [0.15, 0.2) is 30.3 Å². The number of carbonyl (C=O) groups is 1. The highest BCUT2D eigenvalue weighted by molar-refractivity contribution is 5.94. The zero-order valence-electron chi connectivity index (χ0n) is 13.0. The SMILES string of the molecule is Cc1cc(C)n(-c2ccc(C(=O)NCC(C)(C)N)cc2)n1. The molecule has 3 N–H and O–H groups in total. The number of hydrogen-bond donors (Lipinski definition) is 2.